The number of hydrogen-bond acceptors (Lipinski definition) is 2. The summed E-state index contributed by atoms with van der Waals surface area (Å²) in [7, 11) is 1.91. The summed E-state index contributed by atoms with van der Waals surface area (Å²) < 4.78 is 5.92. The molecule has 2 heteroatoms. The van der Waals surface area contributed by atoms with Crippen LogP contribution in [0.5, 0.6) is 0 Å². The molecule has 0 aromatic heterocycles. The molecule has 0 heterocycles. The molecule has 2 fully saturated rings. The van der Waals surface area contributed by atoms with Gasteiger partial charge in [-0.25, -0.2) is 0 Å². The van der Waals surface area contributed by atoms with E-state index in [0.29, 0.717) is 6.04 Å². The van der Waals surface area contributed by atoms with Gasteiger partial charge in [-0.2, -0.15) is 0 Å². The Labute approximate surface area is 100 Å². The van der Waals surface area contributed by atoms with Crippen molar-refractivity contribution in [2.24, 2.45) is 5.92 Å². The molecule has 1 N–H and O–H groups in total. The second-order valence-corrected chi connectivity index (χ2v) is 5.62. The van der Waals surface area contributed by atoms with Crippen LogP contribution < -0.4 is 5.32 Å². The van der Waals surface area contributed by atoms with Crippen molar-refractivity contribution in [1.82, 2.24) is 5.32 Å². The van der Waals surface area contributed by atoms with Gasteiger partial charge in [0, 0.05) is 13.2 Å². The first-order valence-electron chi connectivity index (χ1n) is 7.09. The number of nitrogens with one attached hydrogen (secondary N) is 1. The molecule has 0 spiro atoms. The molecule has 0 aromatic carbocycles. The summed E-state index contributed by atoms with van der Waals surface area (Å²) in [5, 5.41) is 3.69. The minimum atomic E-state index is 0.158. The van der Waals surface area contributed by atoms with Gasteiger partial charge in [-0.1, -0.05) is 39.0 Å². The lowest BCUT2D eigenvalue weighted by Gasteiger charge is -2.40. The molecule has 2 rings (SSSR count). The quantitative estimate of drug-likeness (QED) is 0.750. The van der Waals surface area contributed by atoms with Gasteiger partial charge in [0.05, 0.1) is 5.60 Å². The van der Waals surface area contributed by atoms with Crippen molar-refractivity contribution in [3.8, 4) is 0 Å². The summed E-state index contributed by atoms with van der Waals surface area (Å²) in [4.78, 5) is 0. The highest BCUT2D eigenvalue weighted by molar-refractivity contribution is 4.98. The van der Waals surface area contributed by atoms with E-state index >= 15 is 0 Å². The number of methoxy groups -OCH3 is 1. The van der Waals surface area contributed by atoms with E-state index in [4.69, 9.17) is 4.74 Å². The minimum absolute atomic E-state index is 0.158. The predicted molar refractivity (Wildman–Crippen MR) is 67.6 cm³/mol. The van der Waals surface area contributed by atoms with Crippen molar-refractivity contribution < 1.29 is 4.74 Å². The maximum Gasteiger partial charge on any atom is 0.0831 e. The largest absolute Gasteiger partial charge is 0.377 e. The van der Waals surface area contributed by atoms with Gasteiger partial charge in [0.15, 0.2) is 0 Å². The average Bonchev–Trinajstić information content (AvgIpc) is 2.71. The van der Waals surface area contributed by atoms with E-state index in [0.717, 1.165) is 12.5 Å². The molecule has 0 aliphatic heterocycles. The Balaban J connectivity index is 1.97. The van der Waals surface area contributed by atoms with Gasteiger partial charge in [0.2, 0.25) is 0 Å². The highest BCUT2D eigenvalue weighted by atomic mass is 16.5. The van der Waals surface area contributed by atoms with E-state index in [-0.39, 0.29) is 5.60 Å². The second-order valence-electron chi connectivity index (χ2n) is 5.62. The van der Waals surface area contributed by atoms with E-state index in [1.165, 1.54) is 51.4 Å². The predicted octanol–water partition coefficient (Wildman–Crippen LogP) is 3.11. The van der Waals surface area contributed by atoms with Gasteiger partial charge in [0.25, 0.3) is 0 Å². The Hall–Kier alpha value is -0.0800. The summed E-state index contributed by atoms with van der Waals surface area (Å²) in [6.07, 6.45) is 10.9. The molecular formula is C14H27NO. The minimum Gasteiger partial charge on any atom is -0.377 e. The molecule has 0 amide bonds. The van der Waals surface area contributed by atoms with Gasteiger partial charge >= 0.3 is 0 Å². The Kier molecular flexibility index (Phi) is 4.26. The molecular weight excluding hydrogens is 198 g/mol. The fourth-order valence-electron chi connectivity index (χ4n) is 3.46. The molecule has 1 atom stereocenters. The lowest BCUT2D eigenvalue weighted by atomic mass is 9.76. The third-order valence-corrected chi connectivity index (χ3v) is 4.74. The molecule has 0 saturated heterocycles. The van der Waals surface area contributed by atoms with Crippen molar-refractivity contribution in [2.45, 2.75) is 69.9 Å². The molecule has 2 nitrogen and oxygen atoms in total. The van der Waals surface area contributed by atoms with Crippen LogP contribution in [0, 0.1) is 5.92 Å². The van der Waals surface area contributed by atoms with Crippen molar-refractivity contribution in [3.05, 3.63) is 0 Å². The average molecular weight is 225 g/mol. The number of hydrogen-bond donors (Lipinski definition) is 1. The van der Waals surface area contributed by atoms with Crippen molar-refractivity contribution in [3.63, 3.8) is 0 Å². The van der Waals surface area contributed by atoms with Crippen LogP contribution in [0.1, 0.15) is 58.3 Å². The first kappa shape index (κ1) is 12.4. The van der Waals surface area contributed by atoms with Gasteiger partial charge in [-0.3, -0.25) is 0 Å². The molecule has 0 bridgehead atoms. The molecule has 1 unspecified atom stereocenters. The van der Waals surface area contributed by atoms with Crippen LogP contribution in [0.15, 0.2) is 0 Å². The lowest BCUT2D eigenvalue weighted by Crippen LogP contribution is -2.51. The SMILES string of the molecule is CCNC(CC1CCC1)C1(OC)CCCC1. The van der Waals surface area contributed by atoms with Crippen LogP contribution >= 0.6 is 0 Å². The Morgan fingerprint density at radius 2 is 1.94 bits per heavy atom. The van der Waals surface area contributed by atoms with Gasteiger partial charge in [-0.15, -0.1) is 0 Å². The maximum absolute atomic E-state index is 5.92. The second kappa shape index (κ2) is 5.50. The summed E-state index contributed by atoms with van der Waals surface area (Å²) in [5.74, 6) is 0.969. The number of likely N-dealkylation sites (N-methyl/N-ethyl adjacent to an activating group) is 1. The number of ether oxygens (including phenoxy) is 1. The molecule has 2 saturated carbocycles. The highest BCUT2D eigenvalue weighted by Crippen LogP contribution is 2.40. The molecule has 2 aliphatic rings. The van der Waals surface area contributed by atoms with Gasteiger partial charge < -0.3 is 10.1 Å². The third-order valence-electron chi connectivity index (χ3n) is 4.74. The van der Waals surface area contributed by atoms with E-state index in [1.807, 2.05) is 7.11 Å². The Bertz CT molecular complexity index is 207. The van der Waals surface area contributed by atoms with Crippen molar-refractivity contribution >= 4 is 0 Å². The monoisotopic (exact) mass is 225 g/mol. The van der Waals surface area contributed by atoms with E-state index in [9.17, 15) is 0 Å². The zero-order valence-electron chi connectivity index (χ0n) is 10.9. The first-order valence-corrected chi connectivity index (χ1v) is 7.09. The summed E-state index contributed by atoms with van der Waals surface area (Å²) in [6, 6.07) is 0.593. The Morgan fingerprint density at radius 1 is 1.25 bits per heavy atom. The highest BCUT2D eigenvalue weighted by Gasteiger charge is 2.42. The fourth-order valence-corrected chi connectivity index (χ4v) is 3.46. The van der Waals surface area contributed by atoms with Crippen LogP contribution in [-0.4, -0.2) is 25.3 Å². The van der Waals surface area contributed by atoms with Crippen LogP contribution in [0.3, 0.4) is 0 Å². The molecule has 2 aliphatic carbocycles. The fraction of sp³-hybridized carbons (Fsp3) is 1.00. The van der Waals surface area contributed by atoms with Gasteiger partial charge in [-0.05, 0) is 31.7 Å². The normalized spacial score (nSPS) is 26.6. The molecule has 94 valence electrons. The van der Waals surface area contributed by atoms with E-state index in [1.54, 1.807) is 0 Å². The molecule has 0 radical (unpaired) electrons. The topological polar surface area (TPSA) is 21.3 Å². The third kappa shape index (κ3) is 2.43. The molecule has 0 aromatic rings. The van der Waals surface area contributed by atoms with E-state index < -0.39 is 0 Å². The zero-order valence-corrected chi connectivity index (χ0v) is 10.9. The van der Waals surface area contributed by atoms with Crippen LogP contribution in [0.2, 0.25) is 0 Å². The lowest BCUT2D eigenvalue weighted by molar-refractivity contribution is -0.0441. The smallest absolute Gasteiger partial charge is 0.0831 e. The van der Waals surface area contributed by atoms with Crippen molar-refractivity contribution in [1.29, 1.82) is 0 Å². The number of rotatable bonds is 6. The van der Waals surface area contributed by atoms with E-state index in [2.05, 4.69) is 12.2 Å². The summed E-state index contributed by atoms with van der Waals surface area (Å²) in [5.41, 5.74) is 0.158. The van der Waals surface area contributed by atoms with Crippen LogP contribution in [0.4, 0.5) is 0 Å². The Morgan fingerprint density at radius 3 is 2.38 bits per heavy atom. The summed E-state index contributed by atoms with van der Waals surface area (Å²) >= 11 is 0. The van der Waals surface area contributed by atoms with Crippen LogP contribution in [0.25, 0.3) is 0 Å². The first-order chi connectivity index (χ1) is 7.80. The standard InChI is InChI=1S/C14H27NO/c1-3-15-13(11-12-7-6-8-12)14(16-2)9-4-5-10-14/h12-13,15H,3-11H2,1-2H3. The van der Waals surface area contributed by atoms with Gasteiger partial charge in [0.1, 0.15) is 0 Å². The zero-order chi connectivity index (χ0) is 11.4. The molecule has 16 heavy (non-hydrogen) atoms. The summed E-state index contributed by atoms with van der Waals surface area (Å²) in [6.45, 7) is 3.29. The van der Waals surface area contributed by atoms with Crippen LogP contribution in [-0.2, 0) is 4.74 Å². The van der Waals surface area contributed by atoms with Crippen molar-refractivity contribution in [2.75, 3.05) is 13.7 Å². The maximum atomic E-state index is 5.92.